The summed E-state index contributed by atoms with van der Waals surface area (Å²) in [5, 5.41) is 2.44. The molecule has 1 aliphatic rings. The average Bonchev–Trinajstić information content (AvgIpc) is 2.96. The summed E-state index contributed by atoms with van der Waals surface area (Å²) in [6, 6.07) is 9.04. The zero-order valence-electron chi connectivity index (χ0n) is 12.0. The molecule has 2 aromatic rings. The molecule has 20 heavy (non-hydrogen) atoms. The summed E-state index contributed by atoms with van der Waals surface area (Å²) in [6.45, 7) is 2.12. The fourth-order valence-electron chi connectivity index (χ4n) is 2.95. The number of hydrogen-bond donors (Lipinski definition) is 0. The van der Waals surface area contributed by atoms with Crippen molar-refractivity contribution in [2.45, 2.75) is 18.3 Å². The van der Waals surface area contributed by atoms with Crippen molar-refractivity contribution in [2.75, 3.05) is 32.1 Å². The number of rotatable bonds is 3. The number of hydrogen-bond acceptors (Lipinski definition) is 3. The van der Waals surface area contributed by atoms with Gasteiger partial charge in [0, 0.05) is 36.6 Å². The average molecular weight is 290 g/mol. The van der Waals surface area contributed by atoms with Gasteiger partial charge < -0.3 is 9.80 Å². The van der Waals surface area contributed by atoms with Crippen molar-refractivity contribution in [3.63, 3.8) is 0 Å². The number of nitrogens with zero attached hydrogens (tertiary/aromatic N) is 3. The molecule has 2 heterocycles. The Morgan fingerprint density at radius 2 is 2.05 bits per heavy atom. The van der Waals surface area contributed by atoms with Crippen molar-refractivity contribution in [2.24, 2.45) is 0 Å². The maximum Gasteiger partial charge on any atom is 0.136 e. The molecule has 1 unspecified atom stereocenters. The van der Waals surface area contributed by atoms with Crippen LogP contribution >= 0.6 is 11.6 Å². The minimum Gasteiger partial charge on any atom is -0.354 e. The van der Waals surface area contributed by atoms with Crippen LogP contribution in [0.3, 0.4) is 0 Å². The Bertz CT molecular complexity index is 612. The topological polar surface area (TPSA) is 19.4 Å². The third kappa shape index (κ3) is 2.36. The monoisotopic (exact) mass is 289 g/mol. The van der Waals surface area contributed by atoms with E-state index in [1.165, 1.54) is 17.2 Å². The summed E-state index contributed by atoms with van der Waals surface area (Å²) in [5.41, 5.74) is 1.11. The van der Waals surface area contributed by atoms with E-state index in [1.54, 1.807) is 0 Å². The fraction of sp³-hybridized carbons (Fsp3) is 0.438. The molecule has 1 atom stereocenters. The summed E-state index contributed by atoms with van der Waals surface area (Å²) in [4.78, 5) is 9.37. The molecule has 0 spiro atoms. The predicted molar refractivity (Wildman–Crippen MR) is 85.6 cm³/mol. The van der Waals surface area contributed by atoms with Crippen molar-refractivity contribution >= 4 is 28.2 Å². The van der Waals surface area contributed by atoms with Gasteiger partial charge in [0.2, 0.25) is 0 Å². The van der Waals surface area contributed by atoms with E-state index in [4.69, 9.17) is 11.6 Å². The van der Waals surface area contributed by atoms with Crippen LogP contribution in [0.15, 0.2) is 30.5 Å². The van der Waals surface area contributed by atoms with E-state index in [2.05, 4.69) is 53.1 Å². The number of fused-ring (bicyclic) bond motifs is 1. The number of alkyl halides is 1. The second-order valence-corrected chi connectivity index (χ2v) is 5.91. The quantitative estimate of drug-likeness (QED) is 0.810. The first-order chi connectivity index (χ1) is 9.70. The van der Waals surface area contributed by atoms with Crippen LogP contribution in [0.25, 0.3) is 10.8 Å². The Labute approximate surface area is 125 Å². The number of halogens is 1. The molecule has 0 N–H and O–H groups in total. The molecule has 4 heteroatoms. The number of benzene rings is 1. The molecule has 1 fully saturated rings. The van der Waals surface area contributed by atoms with Crippen LogP contribution in [0.1, 0.15) is 12.0 Å². The lowest BCUT2D eigenvalue weighted by Gasteiger charge is -2.22. The maximum absolute atomic E-state index is 6.02. The number of pyridine rings is 1. The largest absolute Gasteiger partial charge is 0.354 e. The van der Waals surface area contributed by atoms with Crippen molar-refractivity contribution in [3.8, 4) is 0 Å². The number of likely N-dealkylation sites (N-methyl/N-ethyl adjacent to an activating group) is 1. The Kier molecular flexibility index (Phi) is 3.81. The number of anilines is 1. The van der Waals surface area contributed by atoms with Gasteiger partial charge in [-0.15, -0.1) is 11.6 Å². The smallest absolute Gasteiger partial charge is 0.136 e. The first-order valence-electron chi connectivity index (χ1n) is 7.04. The molecule has 3 nitrogen and oxygen atoms in total. The highest BCUT2D eigenvalue weighted by atomic mass is 35.5. The van der Waals surface area contributed by atoms with Gasteiger partial charge in [0.1, 0.15) is 5.82 Å². The lowest BCUT2D eigenvalue weighted by molar-refractivity contribution is 0.315. The molecular formula is C16H20ClN3. The normalized spacial score (nSPS) is 19.2. The van der Waals surface area contributed by atoms with E-state index >= 15 is 0 Å². The zero-order valence-corrected chi connectivity index (χ0v) is 12.8. The summed E-state index contributed by atoms with van der Waals surface area (Å²) < 4.78 is 0. The Morgan fingerprint density at radius 3 is 2.70 bits per heavy atom. The van der Waals surface area contributed by atoms with Crippen LogP contribution in [-0.2, 0) is 5.88 Å². The first-order valence-corrected chi connectivity index (χ1v) is 7.58. The third-order valence-corrected chi connectivity index (χ3v) is 4.48. The summed E-state index contributed by atoms with van der Waals surface area (Å²) in [6.07, 6.45) is 3.12. The van der Waals surface area contributed by atoms with E-state index in [0.717, 1.165) is 24.5 Å². The molecule has 1 aliphatic heterocycles. The van der Waals surface area contributed by atoms with E-state index in [1.807, 2.05) is 6.20 Å². The lowest BCUT2D eigenvalue weighted by atomic mass is 10.1. The van der Waals surface area contributed by atoms with Gasteiger partial charge in [-0.2, -0.15) is 0 Å². The van der Waals surface area contributed by atoms with Crippen molar-refractivity contribution in [3.05, 3.63) is 36.0 Å². The van der Waals surface area contributed by atoms with E-state index in [0.29, 0.717) is 11.9 Å². The molecule has 0 aliphatic carbocycles. The maximum atomic E-state index is 6.02. The van der Waals surface area contributed by atoms with Gasteiger partial charge in [0.25, 0.3) is 0 Å². The van der Waals surface area contributed by atoms with Crippen LogP contribution in [0.2, 0.25) is 0 Å². The zero-order chi connectivity index (χ0) is 14.1. The van der Waals surface area contributed by atoms with Gasteiger partial charge in [-0.25, -0.2) is 4.98 Å². The van der Waals surface area contributed by atoms with Gasteiger partial charge in [0.15, 0.2) is 0 Å². The molecular weight excluding hydrogens is 270 g/mol. The SMILES string of the molecule is CN(C)C1CCN(c2ncc(CCl)c3ccccc23)C1. The standard InChI is InChI=1S/C16H20ClN3/c1-19(2)13-7-8-20(11-13)16-15-6-4-3-5-14(15)12(9-17)10-18-16/h3-6,10,13H,7-9,11H2,1-2H3. The van der Waals surface area contributed by atoms with Gasteiger partial charge in [-0.1, -0.05) is 24.3 Å². The predicted octanol–water partition coefficient (Wildman–Crippen LogP) is 3.11. The molecule has 0 bridgehead atoms. The third-order valence-electron chi connectivity index (χ3n) is 4.19. The second-order valence-electron chi connectivity index (χ2n) is 5.64. The minimum atomic E-state index is 0.508. The Morgan fingerprint density at radius 1 is 1.30 bits per heavy atom. The Hall–Kier alpha value is -1.32. The molecule has 0 saturated carbocycles. The van der Waals surface area contributed by atoms with Crippen LogP contribution in [0.5, 0.6) is 0 Å². The highest BCUT2D eigenvalue weighted by Gasteiger charge is 2.26. The lowest BCUT2D eigenvalue weighted by Crippen LogP contribution is -2.31. The van der Waals surface area contributed by atoms with Crippen molar-refractivity contribution < 1.29 is 0 Å². The minimum absolute atomic E-state index is 0.508. The molecule has 0 amide bonds. The van der Waals surface area contributed by atoms with Crippen LogP contribution < -0.4 is 4.90 Å². The highest BCUT2D eigenvalue weighted by molar-refractivity contribution is 6.18. The molecule has 1 saturated heterocycles. The highest BCUT2D eigenvalue weighted by Crippen LogP contribution is 2.30. The van der Waals surface area contributed by atoms with Gasteiger partial charge >= 0.3 is 0 Å². The Balaban J connectivity index is 2.01. The summed E-state index contributed by atoms with van der Waals surface area (Å²) in [7, 11) is 4.30. The van der Waals surface area contributed by atoms with Gasteiger partial charge in [0.05, 0.1) is 0 Å². The first kappa shape index (κ1) is 13.7. The molecule has 106 valence electrons. The van der Waals surface area contributed by atoms with Gasteiger partial charge in [-0.3, -0.25) is 0 Å². The molecule has 0 radical (unpaired) electrons. The van der Waals surface area contributed by atoms with Crippen LogP contribution in [0.4, 0.5) is 5.82 Å². The fourth-order valence-corrected chi connectivity index (χ4v) is 3.16. The van der Waals surface area contributed by atoms with Crippen LogP contribution in [0, 0.1) is 0 Å². The second kappa shape index (κ2) is 5.58. The molecule has 1 aromatic heterocycles. The number of aromatic nitrogens is 1. The summed E-state index contributed by atoms with van der Waals surface area (Å²) in [5.74, 6) is 1.60. The van der Waals surface area contributed by atoms with Gasteiger partial charge in [-0.05, 0) is 31.5 Å². The van der Waals surface area contributed by atoms with Crippen LogP contribution in [-0.4, -0.2) is 43.1 Å². The van der Waals surface area contributed by atoms with E-state index in [9.17, 15) is 0 Å². The van der Waals surface area contributed by atoms with Crippen molar-refractivity contribution in [1.29, 1.82) is 0 Å². The summed E-state index contributed by atoms with van der Waals surface area (Å²) >= 11 is 6.02. The molecule has 3 rings (SSSR count). The molecule has 1 aromatic carbocycles. The van der Waals surface area contributed by atoms with Crippen molar-refractivity contribution in [1.82, 2.24) is 9.88 Å². The van der Waals surface area contributed by atoms with E-state index in [-0.39, 0.29) is 0 Å². The van der Waals surface area contributed by atoms with E-state index < -0.39 is 0 Å².